The maximum absolute atomic E-state index is 13.4. The number of fused-ring (bicyclic) bond motifs is 3. The third-order valence-electron chi connectivity index (χ3n) is 9.40. The molecule has 0 aromatic heterocycles. The van der Waals surface area contributed by atoms with Crippen molar-refractivity contribution in [2.75, 3.05) is 26.7 Å². The van der Waals surface area contributed by atoms with E-state index in [1.807, 2.05) is 44.9 Å². The zero-order valence-electron chi connectivity index (χ0n) is 25.8. The lowest BCUT2D eigenvalue weighted by Gasteiger charge is -2.35. The molecule has 6 rings (SSSR count). The molecular weight excluding hydrogens is 557 g/mol. The van der Waals surface area contributed by atoms with Crippen molar-refractivity contribution >= 4 is 37.5 Å². The van der Waals surface area contributed by atoms with Gasteiger partial charge in [-0.25, -0.2) is 0 Å². The average molecular weight is 596 g/mol. The Balaban J connectivity index is 1.70. The van der Waals surface area contributed by atoms with Crippen LogP contribution in [0.4, 0.5) is 0 Å². The van der Waals surface area contributed by atoms with Crippen molar-refractivity contribution in [1.82, 2.24) is 0 Å². The van der Waals surface area contributed by atoms with Crippen LogP contribution in [-0.2, 0) is 23.9 Å². The molecule has 1 fully saturated rings. The maximum atomic E-state index is 13.4. The number of benzene rings is 4. The lowest BCUT2D eigenvalue weighted by molar-refractivity contribution is 0.00578. The molecule has 0 amide bonds. The molecule has 0 unspecified atom stereocenters. The van der Waals surface area contributed by atoms with Crippen LogP contribution in [0.5, 0.6) is 0 Å². The quantitative estimate of drug-likeness (QED) is 0.165. The van der Waals surface area contributed by atoms with E-state index in [0.717, 1.165) is 49.5 Å². The van der Waals surface area contributed by atoms with Crippen LogP contribution < -0.4 is 16.1 Å². The Morgan fingerprint density at radius 3 is 1.52 bits per heavy atom. The van der Waals surface area contributed by atoms with Crippen LogP contribution in [0.15, 0.2) is 91.0 Å². The minimum atomic E-state index is -2.56. The molecule has 1 heterocycles. The summed E-state index contributed by atoms with van der Waals surface area (Å²) < 4.78 is 39.8. The molecule has 42 heavy (non-hydrogen) atoms. The van der Waals surface area contributed by atoms with Crippen LogP contribution in [0, 0.1) is 0 Å². The van der Waals surface area contributed by atoms with E-state index in [2.05, 4.69) is 100 Å². The summed E-state index contributed by atoms with van der Waals surface area (Å²) >= 11 is 0. The Hall–Kier alpha value is -2.68. The molecule has 216 valence electrons. The van der Waals surface area contributed by atoms with Gasteiger partial charge in [-0.2, -0.15) is 0 Å². The lowest BCUT2D eigenvalue weighted by atomic mass is 9.66. The second-order valence-electron chi connectivity index (χ2n) is 13.5. The van der Waals surface area contributed by atoms with E-state index in [1.165, 1.54) is 0 Å². The summed E-state index contributed by atoms with van der Waals surface area (Å²) in [6.07, 6.45) is 0. The highest BCUT2D eigenvalue weighted by atomic mass is 31.2. The molecule has 0 bridgehead atoms. The summed E-state index contributed by atoms with van der Waals surface area (Å²) in [6.45, 7) is 15.6. The molecule has 1 aliphatic carbocycles. The molecule has 4 nitrogen and oxygen atoms in total. The molecule has 0 radical (unpaired) electrons. The van der Waals surface area contributed by atoms with Gasteiger partial charge in [0.1, 0.15) is 14.3 Å². The summed E-state index contributed by atoms with van der Waals surface area (Å²) in [5.74, 6) is 0. The number of hydrogen-bond donors (Lipinski definition) is 0. The largest absolute Gasteiger partial charge is 0.494 e. The van der Waals surface area contributed by atoms with E-state index in [-0.39, 0.29) is 0 Å². The SMILES string of the molecule is CC1(C)OB(c2cccc(C3(c4ccccc4)c4cc(P(C)(C)=O)ccc4-c4ccc(P(C)(C)=O)cc43)c2)OC1(C)C. The van der Waals surface area contributed by atoms with Gasteiger partial charge in [0, 0.05) is 10.6 Å². The highest BCUT2D eigenvalue weighted by molar-refractivity contribution is 7.70. The average Bonchev–Trinajstić information content (AvgIpc) is 3.34. The van der Waals surface area contributed by atoms with Gasteiger partial charge in [-0.3, -0.25) is 0 Å². The Kier molecular flexibility index (Phi) is 6.77. The van der Waals surface area contributed by atoms with Gasteiger partial charge in [0.15, 0.2) is 0 Å². The third-order valence-corrected chi connectivity index (χ3v) is 12.4. The second kappa shape index (κ2) is 9.67. The van der Waals surface area contributed by atoms with Crippen LogP contribution in [0.2, 0.25) is 0 Å². The summed E-state index contributed by atoms with van der Waals surface area (Å²) in [5.41, 5.74) is 5.78. The molecular formula is C35H39BO4P2. The number of hydrogen-bond acceptors (Lipinski definition) is 4. The highest BCUT2D eigenvalue weighted by Gasteiger charge is 2.53. The summed E-state index contributed by atoms with van der Waals surface area (Å²) in [4.78, 5) is 0. The van der Waals surface area contributed by atoms with Crippen LogP contribution in [0.1, 0.15) is 49.9 Å². The minimum absolute atomic E-state index is 0.464. The third kappa shape index (κ3) is 4.53. The fourth-order valence-electron chi connectivity index (χ4n) is 6.34. The Bertz CT molecular complexity index is 1710. The maximum Gasteiger partial charge on any atom is 0.494 e. The molecule has 0 atom stereocenters. The first-order valence-corrected chi connectivity index (χ1v) is 19.7. The van der Waals surface area contributed by atoms with Crippen LogP contribution in [0.25, 0.3) is 11.1 Å². The first-order valence-electron chi connectivity index (χ1n) is 14.5. The van der Waals surface area contributed by atoms with E-state index < -0.39 is 38.0 Å². The van der Waals surface area contributed by atoms with Crippen molar-refractivity contribution in [2.24, 2.45) is 0 Å². The van der Waals surface area contributed by atoms with E-state index in [0.29, 0.717) is 0 Å². The zero-order valence-corrected chi connectivity index (χ0v) is 27.6. The molecule has 4 aromatic carbocycles. The molecule has 0 saturated carbocycles. The molecule has 1 saturated heterocycles. The Morgan fingerprint density at radius 1 is 0.571 bits per heavy atom. The van der Waals surface area contributed by atoms with Crippen molar-refractivity contribution in [1.29, 1.82) is 0 Å². The Labute approximate surface area is 250 Å². The smallest absolute Gasteiger partial charge is 0.399 e. The summed E-state index contributed by atoms with van der Waals surface area (Å²) in [5, 5.41) is 1.68. The first kappa shape index (κ1) is 29.4. The first-order chi connectivity index (χ1) is 19.6. The highest BCUT2D eigenvalue weighted by Crippen LogP contribution is 2.57. The molecule has 0 N–H and O–H groups in total. The fourth-order valence-corrected chi connectivity index (χ4v) is 8.09. The van der Waals surface area contributed by atoms with Crippen LogP contribution in [-0.4, -0.2) is 45.0 Å². The molecule has 4 aromatic rings. The van der Waals surface area contributed by atoms with E-state index in [4.69, 9.17) is 9.31 Å². The van der Waals surface area contributed by atoms with Crippen LogP contribution in [0.3, 0.4) is 0 Å². The zero-order chi connectivity index (χ0) is 30.3. The predicted molar refractivity (Wildman–Crippen MR) is 178 cm³/mol. The van der Waals surface area contributed by atoms with E-state index in [9.17, 15) is 9.13 Å². The standard InChI is InChI=1S/C35H39BO4P2/c1-33(2)34(3,4)40-36(39-33)26-16-12-15-25(21-26)35(24-13-10-9-11-14-24)31-22-27(41(5,6)37)17-19-29(31)30-20-18-28(23-32(30)35)42(7,8)38/h9-23H,1-8H3. The fraction of sp³-hybridized carbons (Fsp3) is 0.314. The van der Waals surface area contributed by atoms with Gasteiger partial charge in [0.2, 0.25) is 0 Å². The number of rotatable bonds is 5. The molecule has 2 aliphatic rings. The van der Waals surface area contributed by atoms with Crippen molar-refractivity contribution in [3.05, 3.63) is 113 Å². The predicted octanol–water partition coefficient (Wildman–Crippen LogP) is 6.84. The summed E-state index contributed by atoms with van der Waals surface area (Å²) in [7, 11) is -5.64. The summed E-state index contributed by atoms with van der Waals surface area (Å²) in [6, 6.07) is 31.5. The monoisotopic (exact) mass is 596 g/mol. The van der Waals surface area contributed by atoms with Crippen molar-refractivity contribution in [3.8, 4) is 11.1 Å². The van der Waals surface area contributed by atoms with E-state index in [1.54, 1.807) is 0 Å². The van der Waals surface area contributed by atoms with Gasteiger partial charge in [0.25, 0.3) is 0 Å². The van der Waals surface area contributed by atoms with Crippen molar-refractivity contribution in [2.45, 2.75) is 44.3 Å². The lowest BCUT2D eigenvalue weighted by Crippen LogP contribution is -2.41. The topological polar surface area (TPSA) is 52.6 Å². The molecule has 7 heteroatoms. The normalized spacial score (nSPS) is 18.5. The molecule has 1 aliphatic heterocycles. The van der Waals surface area contributed by atoms with Crippen molar-refractivity contribution < 1.29 is 18.4 Å². The van der Waals surface area contributed by atoms with Gasteiger partial charge >= 0.3 is 7.12 Å². The van der Waals surface area contributed by atoms with Crippen LogP contribution >= 0.6 is 14.3 Å². The van der Waals surface area contributed by atoms with Crippen molar-refractivity contribution in [3.63, 3.8) is 0 Å². The van der Waals surface area contributed by atoms with E-state index >= 15 is 0 Å². The van der Waals surface area contributed by atoms with Gasteiger partial charge in [-0.15, -0.1) is 0 Å². The minimum Gasteiger partial charge on any atom is -0.399 e. The van der Waals surface area contributed by atoms with Gasteiger partial charge in [-0.1, -0.05) is 78.9 Å². The van der Waals surface area contributed by atoms with Gasteiger partial charge in [-0.05, 0) is 105 Å². The van der Waals surface area contributed by atoms with Gasteiger partial charge in [0.05, 0.1) is 16.6 Å². The molecule has 0 spiro atoms. The Morgan fingerprint density at radius 2 is 1.05 bits per heavy atom. The van der Waals surface area contributed by atoms with Gasteiger partial charge < -0.3 is 18.4 Å². The second-order valence-corrected chi connectivity index (χ2v) is 19.9.